The van der Waals surface area contributed by atoms with Crippen molar-refractivity contribution < 1.29 is 14.3 Å². The maximum atomic E-state index is 12.5. The van der Waals surface area contributed by atoms with Crippen molar-refractivity contribution in [2.75, 3.05) is 25.3 Å². The van der Waals surface area contributed by atoms with Gasteiger partial charge in [-0.15, -0.1) is 0 Å². The minimum absolute atomic E-state index is 0.00685. The summed E-state index contributed by atoms with van der Waals surface area (Å²) in [6.07, 6.45) is 1.44. The number of nitrogens with one attached hydrogen (secondary N) is 2. The number of thioether (sulfide) groups is 1. The zero-order valence-electron chi connectivity index (χ0n) is 17.1. The van der Waals surface area contributed by atoms with Gasteiger partial charge in [-0.1, -0.05) is 35.5 Å². The number of carbonyl (C=O) groups excluding carboxylic acids is 1. The Labute approximate surface area is 191 Å². The monoisotopic (exact) mass is 471 g/mol. The molecule has 9 nitrogen and oxygen atoms in total. The molecule has 0 aliphatic heterocycles. The minimum atomic E-state index is -0.351. The highest BCUT2D eigenvalue weighted by molar-refractivity contribution is 7.99. The van der Waals surface area contributed by atoms with Crippen molar-refractivity contribution >= 4 is 46.0 Å². The van der Waals surface area contributed by atoms with E-state index in [0.29, 0.717) is 38.9 Å². The van der Waals surface area contributed by atoms with E-state index in [2.05, 4.69) is 20.4 Å². The topological polar surface area (TPSA) is 111 Å². The van der Waals surface area contributed by atoms with Crippen LogP contribution in [0.5, 0.6) is 11.5 Å². The molecule has 4 rings (SSSR count). The number of hydrogen-bond donors (Lipinski definition) is 2. The van der Waals surface area contributed by atoms with Crippen LogP contribution in [-0.4, -0.2) is 45.6 Å². The lowest BCUT2D eigenvalue weighted by atomic mass is 10.3. The van der Waals surface area contributed by atoms with Gasteiger partial charge in [-0.25, -0.2) is 9.67 Å². The number of benzene rings is 2. The van der Waals surface area contributed by atoms with Gasteiger partial charge >= 0.3 is 0 Å². The average Bonchev–Trinajstić information content (AvgIpc) is 3.22. The molecule has 2 N–H and O–H groups in total. The number of hydrogen-bond acceptors (Lipinski definition) is 7. The fraction of sp³-hybridized carbons (Fsp3) is 0.143. The summed E-state index contributed by atoms with van der Waals surface area (Å²) in [5.74, 6) is 0.772. The molecule has 0 saturated heterocycles. The van der Waals surface area contributed by atoms with Gasteiger partial charge in [-0.3, -0.25) is 9.59 Å². The van der Waals surface area contributed by atoms with E-state index in [1.165, 1.54) is 18.0 Å². The van der Waals surface area contributed by atoms with E-state index in [4.69, 9.17) is 21.1 Å². The summed E-state index contributed by atoms with van der Waals surface area (Å²) >= 11 is 7.09. The number of H-pyrrole nitrogens is 1. The van der Waals surface area contributed by atoms with E-state index in [9.17, 15) is 9.59 Å². The molecule has 0 fully saturated rings. The smallest absolute Gasteiger partial charge is 0.262 e. The van der Waals surface area contributed by atoms with Crippen molar-refractivity contribution in [3.8, 4) is 17.2 Å². The minimum Gasteiger partial charge on any atom is -0.495 e. The number of nitrogens with zero attached hydrogens (tertiary/aromatic N) is 3. The summed E-state index contributed by atoms with van der Waals surface area (Å²) < 4.78 is 12.2. The lowest BCUT2D eigenvalue weighted by Gasteiger charge is -2.10. The molecule has 0 saturated carbocycles. The molecule has 0 aliphatic rings. The van der Waals surface area contributed by atoms with Gasteiger partial charge < -0.3 is 19.8 Å². The number of amides is 1. The first kappa shape index (κ1) is 21.7. The summed E-state index contributed by atoms with van der Waals surface area (Å²) in [5, 5.41) is 8.12. The molecule has 2 heterocycles. The third-order valence-electron chi connectivity index (χ3n) is 4.51. The number of methoxy groups -OCH3 is 2. The second-order valence-corrected chi connectivity index (χ2v) is 7.92. The van der Waals surface area contributed by atoms with Crippen molar-refractivity contribution in [2.24, 2.45) is 0 Å². The van der Waals surface area contributed by atoms with Crippen LogP contribution < -0.4 is 20.3 Å². The predicted octanol–water partition coefficient (Wildman–Crippen LogP) is 3.51. The van der Waals surface area contributed by atoms with Crippen molar-refractivity contribution in [3.05, 3.63) is 64.0 Å². The van der Waals surface area contributed by atoms with Gasteiger partial charge in [-0.05, 0) is 30.3 Å². The Balaban J connectivity index is 1.57. The average molecular weight is 472 g/mol. The second kappa shape index (κ2) is 9.33. The van der Waals surface area contributed by atoms with Crippen molar-refractivity contribution in [2.45, 2.75) is 5.16 Å². The molecular weight excluding hydrogens is 454 g/mol. The molecule has 0 radical (unpaired) electrons. The third kappa shape index (κ3) is 4.41. The molecule has 0 atom stereocenters. The van der Waals surface area contributed by atoms with Crippen LogP contribution in [0.3, 0.4) is 0 Å². The molecule has 0 aliphatic carbocycles. The van der Waals surface area contributed by atoms with Gasteiger partial charge in [0.15, 0.2) is 10.8 Å². The van der Waals surface area contributed by atoms with E-state index >= 15 is 0 Å². The van der Waals surface area contributed by atoms with Crippen LogP contribution in [0.25, 0.3) is 16.7 Å². The molecule has 164 valence electrons. The number of carbonyl (C=O) groups is 1. The number of rotatable bonds is 7. The molecule has 2 aromatic carbocycles. The second-order valence-electron chi connectivity index (χ2n) is 6.52. The third-order valence-corrected chi connectivity index (χ3v) is 5.61. The SMILES string of the molecule is COc1ccc(Cl)cc1NC(=O)CSc1nc2c(cnn2-c2ccccc2OC)c(=O)[nH]1. The van der Waals surface area contributed by atoms with E-state index in [0.717, 1.165) is 11.8 Å². The number of fused-ring (bicyclic) bond motifs is 1. The molecule has 0 bridgehead atoms. The van der Waals surface area contributed by atoms with E-state index < -0.39 is 0 Å². The van der Waals surface area contributed by atoms with Gasteiger partial charge in [0, 0.05) is 5.02 Å². The van der Waals surface area contributed by atoms with Gasteiger partial charge in [0.25, 0.3) is 5.56 Å². The number of halogens is 1. The first-order valence-corrected chi connectivity index (χ1v) is 10.7. The van der Waals surface area contributed by atoms with Gasteiger partial charge in [0.1, 0.15) is 22.6 Å². The molecule has 0 unspecified atom stereocenters. The lowest BCUT2D eigenvalue weighted by Crippen LogP contribution is -2.16. The number of aromatic nitrogens is 4. The number of anilines is 1. The fourth-order valence-electron chi connectivity index (χ4n) is 3.05. The number of aromatic amines is 1. The Morgan fingerprint density at radius 3 is 2.75 bits per heavy atom. The fourth-order valence-corrected chi connectivity index (χ4v) is 3.87. The molecule has 1 amide bonds. The Bertz CT molecular complexity index is 1350. The van der Waals surface area contributed by atoms with Crippen LogP contribution >= 0.6 is 23.4 Å². The Morgan fingerprint density at radius 1 is 1.19 bits per heavy atom. The lowest BCUT2D eigenvalue weighted by molar-refractivity contribution is -0.113. The molecule has 0 spiro atoms. The van der Waals surface area contributed by atoms with E-state index in [1.54, 1.807) is 31.4 Å². The summed E-state index contributed by atoms with van der Waals surface area (Å²) in [6.45, 7) is 0. The number of ether oxygens (including phenoxy) is 2. The van der Waals surface area contributed by atoms with Crippen LogP contribution in [0.4, 0.5) is 5.69 Å². The van der Waals surface area contributed by atoms with Crippen LogP contribution in [0.15, 0.2) is 58.6 Å². The van der Waals surface area contributed by atoms with Crippen molar-refractivity contribution in [3.63, 3.8) is 0 Å². The molecule has 4 aromatic rings. The molecule has 32 heavy (non-hydrogen) atoms. The molecule has 11 heteroatoms. The highest BCUT2D eigenvalue weighted by Crippen LogP contribution is 2.28. The Morgan fingerprint density at radius 2 is 1.97 bits per heavy atom. The maximum absolute atomic E-state index is 12.5. The van der Waals surface area contributed by atoms with Crippen LogP contribution in [0, 0.1) is 0 Å². The van der Waals surface area contributed by atoms with Crippen LogP contribution in [0.2, 0.25) is 5.02 Å². The highest BCUT2D eigenvalue weighted by Gasteiger charge is 2.16. The van der Waals surface area contributed by atoms with Gasteiger partial charge in [0.2, 0.25) is 5.91 Å². The highest BCUT2D eigenvalue weighted by atomic mass is 35.5. The first-order chi connectivity index (χ1) is 15.5. The molecular formula is C21H18ClN5O4S. The number of para-hydroxylation sites is 2. The van der Waals surface area contributed by atoms with Crippen LogP contribution in [0.1, 0.15) is 0 Å². The first-order valence-electron chi connectivity index (χ1n) is 9.38. The summed E-state index contributed by atoms with van der Waals surface area (Å²) in [5.41, 5.74) is 1.11. The van der Waals surface area contributed by atoms with E-state index in [-0.39, 0.29) is 22.4 Å². The predicted molar refractivity (Wildman–Crippen MR) is 123 cm³/mol. The molecule has 2 aromatic heterocycles. The van der Waals surface area contributed by atoms with Gasteiger partial charge in [0.05, 0.1) is 31.9 Å². The normalized spacial score (nSPS) is 10.8. The summed E-state index contributed by atoms with van der Waals surface area (Å²) in [6, 6.07) is 12.2. The van der Waals surface area contributed by atoms with Gasteiger partial charge in [-0.2, -0.15) is 5.10 Å². The Kier molecular flexibility index (Phi) is 6.33. The maximum Gasteiger partial charge on any atom is 0.262 e. The summed E-state index contributed by atoms with van der Waals surface area (Å²) in [4.78, 5) is 32.2. The van der Waals surface area contributed by atoms with Crippen LogP contribution in [-0.2, 0) is 4.79 Å². The standard InChI is InChI=1S/C21H18ClN5O4S/c1-30-16-8-7-12(22)9-14(16)24-18(28)11-32-21-25-19-13(20(29)26-21)10-23-27(19)15-5-3-4-6-17(15)31-2/h3-10H,11H2,1-2H3,(H,24,28)(H,25,26,29). The quantitative estimate of drug-likeness (QED) is 0.313. The zero-order valence-corrected chi connectivity index (χ0v) is 18.7. The zero-order chi connectivity index (χ0) is 22.7. The largest absolute Gasteiger partial charge is 0.495 e. The van der Waals surface area contributed by atoms with Crippen molar-refractivity contribution in [1.82, 2.24) is 19.7 Å². The summed E-state index contributed by atoms with van der Waals surface area (Å²) in [7, 11) is 3.06. The van der Waals surface area contributed by atoms with Crippen molar-refractivity contribution in [1.29, 1.82) is 0 Å². The van der Waals surface area contributed by atoms with E-state index in [1.807, 2.05) is 18.2 Å². The Hall–Kier alpha value is -3.50.